The first-order valence-corrected chi connectivity index (χ1v) is 7.92. The third kappa shape index (κ3) is 2.54. The van der Waals surface area contributed by atoms with Crippen LogP contribution in [0.5, 0.6) is 0 Å². The Kier molecular flexibility index (Phi) is 3.71. The number of nitrogens with zero attached hydrogens (tertiary/aromatic N) is 3. The lowest BCUT2D eigenvalue weighted by Crippen LogP contribution is -1.94. The van der Waals surface area contributed by atoms with Crippen molar-refractivity contribution in [3.8, 4) is 16.8 Å². The molecule has 0 aliphatic carbocycles. The van der Waals surface area contributed by atoms with Gasteiger partial charge >= 0.3 is 0 Å². The molecule has 118 valence electrons. The van der Waals surface area contributed by atoms with E-state index in [-0.39, 0.29) is 5.82 Å². The number of hydrogen-bond donors (Lipinski definition) is 0. The second-order valence-electron chi connectivity index (χ2n) is 5.26. The Morgan fingerprint density at radius 2 is 1.58 bits per heavy atom. The van der Waals surface area contributed by atoms with Crippen LogP contribution in [0.2, 0.25) is 10.2 Å². The molecule has 0 radical (unpaired) electrons. The summed E-state index contributed by atoms with van der Waals surface area (Å²) in [6.45, 7) is 0. The fourth-order valence-electron chi connectivity index (χ4n) is 2.67. The highest BCUT2D eigenvalue weighted by Crippen LogP contribution is 2.35. The molecular weight excluding hydrogens is 348 g/mol. The molecule has 0 amide bonds. The Labute approximate surface area is 147 Å². The van der Waals surface area contributed by atoms with E-state index in [2.05, 4.69) is 9.97 Å². The molecule has 6 heteroatoms. The lowest BCUT2D eigenvalue weighted by molar-refractivity contribution is 0.627. The van der Waals surface area contributed by atoms with Gasteiger partial charge in [0.25, 0.3) is 0 Å². The van der Waals surface area contributed by atoms with Crippen molar-refractivity contribution in [2.45, 2.75) is 0 Å². The quantitative estimate of drug-likeness (QED) is 0.441. The van der Waals surface area contributed by atoms with E-state index in [1.165, 1.54) is 18.5 Å². The van der Waals surface area contributed by atoms with E-state index in [0.717, 1.165) is 22.2 Å². The van der Waals surface area contributed by atoms with Crippen molar-refractivity contribution in [3.05, 3.63) is 77.0 Å². The van der Waals surface area contributed by atoms with E-state index in [1.54, 1.807) is 12.1 Å². The highest BCUT2D eigenvalue weighted by atomic mass is 35.5. The van der Waals surface area contributed by atoms with Gasteiger partial charge in [0.1, 0.15) is 22.9 Å². The maximum Gasteiger partial charge on any atom is 0.150 e. The van der Waals surface area contributed by atoms with E-state index in [1.807, 2.05) is 35.0 Å². The summed E-state index contributed by atoms with van der Waals surface area (Å²) in [6.07, 6.45) is 3.33. The number of halogens is 3. The van der Waals surface area contributed by atoms with Gasteiger partial charge in [0.15, 0.2) is 0 Å². The van der Waals surface area contributed by atoms with Gasteiger partial charge in [-0.1, -0.05) is 35.3 Å². The Morgan fingerprint density at radius 3 is 2.29 bits per heavy atom. The van der Waals surface area contributed by atoms with Crippen LogP contribution < -0.4 is 0 Å². The SMILES string of the molecule is Fc1ccc(-n2cc(-c3ccc(Cl)cc3)c3c(Cl)ncnc32)cc1. The molecule has 0 unspecified atom stereocenters. The molecule has 3 nitrogen and oxygen atoms in total. The van der Waals surface area contributed by atoms with E-state index in [4.69, 9.17) is 23.2 Å². The first-order valence-electron chi connectivity index (χ1n) is 7.17. The molecule has 2 aromatic carbocycles. The van der Waals surface area contributed by atoms with Gasteiger partial charge in [0, 0.05) is 22.5 Å². The molecule has 0 fully saturated rings. The molecule has 4 aromatic rings. The predicted molar refractivity (Wildman–Crippen MR) is 94.3 cm³/mol. The number of fused-ring (bicyclic) bond motifs is 1. The molecule has 0 spiro atoms. The molecule has 2 aromatic heterocycles. The van der Waals surface area contributed by atoms with Crippen molar-refractivity contribution in [2.24, 2.45) is 0 Å². The van der Waals surface area contributed by atoms with Crippen LogP contribution in [0.25, 0.3) is 27.8 Å². The molecule has 24 heavy (non-hydrogen) atoms. The van der Waals surface area contributed by atoms with Crippen molar-refractivity contribution >= 4 is 34.2 Å². The van der Waals surface area contributed by atoms with Crippen molar-refractivity contribution < 1.29 is 4.39 Å². The zero-order chi connectivity index (χ0) is 16.7. The molecule has 2 heterocycles. The minimum atomic E-state index is -0.291. The summed E-state index contributed by atoms with van der Waals surface area (Å²) in [5.41, 5.74) is 3.28. The van der Waals surface area contributed by atoms with Crippen LogP contribution >= 0.6 is 23.2 Å². The molecule has 0 bridgehead atoms. The van der Waals surface area contributed by atoms with E-state index in [0.29, 0.717) is 15.8 Å². The molecule has 0 saturated carbocycles. The van der Waals surface area contributed by atoms with E-state index >= 15 is 0 Å². The van der Waals surface area contributed by atoms with Gasteiger partial charge in [0.05, 0.1) is 5.39 Å². The predicted octanol–water partition coefficient (Wildman–Crippen LogP) is 5.53. The average molecular weight is 358 g/mol. The second kappa shape index (κ2) is 5.89. The van der Waals surface area contributed by atoms with Gasteiger partial charge in [-0.05, 0) is 42.0 Å². The smallest absolute Gasteiger partial charge is 0.150 e. The molecule has 0 N–H and O–H groups in total. The van der Waals surface area contributed by atoms with Gasteiger partial charge < -0.3 is 4.57 Å². The van der Waals surface area contributed by atoms with Gasteiger partial charge in [-0.3, -0.25) is 0 Å². The van der Waals surface area contributed by atoms with Gasteiger partial charge in [-0.25, -0.2) is 14.4 Å². The van der Waals surface area contributed by atoms with Crippen molar-refractivity contribution in [3.63, 3.8) is 0 Å². The topological polar surface area (TPSA) is 30.7 Å². The molecule has 0 aliphatic heterocycles. The van der Waals surface area contributed by atoms with Crippen molar-refractivity contribution in [2.75, 3.05) is 0 Å². The van der Waals surface area contributed by atoms with Crippen LogP contribution in [0, 0.1) is 5.82 Å². The van der Waals surface area contributed by atoms with E-state index < -0.39 is 0 Å². The number of aromatic nitrogens is 3. The third-order valence-electron chi connectivity index (χ3n) is 3.80. The summed E-state index contributed by atoms with van der Waals surface area (Å²) < 4.78 is 15.1. The molecule has 4 rings (SSSR count). The van der Waals surface area contributed by atoms with Gasteiger partial charge in [-0.2, -0.15) is 0 Å². The highest BCUT2D eigenvalue weighted by molar-refractivity contribution is 6.35. The largest absolute Gasteiger partial charge is 0.301 e. The third-order valence-corrected chi connectivity index (χ3v) is 4.34. The van der Waals surface area contributed by atoms with Crippen LogP contribution in [0.3, 0.4) is 0 Å². The zero-order valence-electron chi connectivity index (χ0n) is 12.2. The summed E-state index contributed by atoms with van der Waals surface area (Å²) in [4.78, 5) is 8.44. The Balaban J connectivity index is 2.01. The Morgan fingerprint density at radius 1 is 0.875 bits per heavy atom. The normalized spacial score (nSPS) is 11.1. The lowest BCUT2D eigenvalue weighted by Gasteiger charge is -2.04. The molecule has 0 atom stereocenters. The number of hydrogen-bond acceptors (Lipinski definition) is 2. The van der Waals surface area contributed by atoms with Crippen molar-refractivity contribution in [1.82, 2.24) is 14.5 Å². The van der Waals surface area contributed by atoms with E-state index in [9.17, 15) is 4.39 Å². The van der Waals surface area contributed by atoms with Crippen LogP contribution in [0.4, 0.5) is 4.39 Å². The van der Waals surface area contributed by atoms with Crippen LogP contribution in [-0.2, 0) is 0 Å². The summed E-state index contributed by atoms with van der Waals surface area (Å²) in [7, 11) is 0. The van der Waals surface area contributed by atoms with Gasteiger partial charge in [-0.15, -0.1) is 0 Å². The minimum absolute atomic E-state index is 0.291. The maximum absolute atomic E-state index is 13.2. The van der Waals surface area contributed by atoms with Crippen LogP contribution in [-0.4, -0.2) is 14.5 Å². The standard InChI is InChI=1S/C18H10Cl2FN3/c19-12-3-1-11(2-4-12)15-9-24(14-7-5-13(21)6-8-14)18-16(15)17(20)22-10-23-18/h1-10H. The summed E-state index contributed by atoms with van der Waals surface area (Å²) in [5, 5.41) is 1.76. The molecule has 0 saturated heterocycles. The fraction of sp³-hybridized carbons (Fsp3) is 0. The average Bonchev–Trinajstić information content (AvgIpc) is 2.97. The number of rotatable bonds is 2. The fourth-order valence-corrected chi connectivity index (χ4v) is 3.03. The molecule has 0 aliphatic rings. The van der Waals surface area contributed by atoms with Gasteiger partial charge in [0.2, 0.25) is 0 Å². The first kappa shape index (κ1) is 15.1. The summed E-state index contributed by atoms with van der Waals surface area (Å²) >= 11 is 12.3. The van der Waals surface area contributed by atoms with Crippen LogP contribution in [0.1, 0.15) is 0 Å². The lowest BCUT2D eigenvalue weighted by atomic mass is 10.1. The summed E-state index contributed by atoms with van der Waals surface area (Å²) in [5.74, 6) is -0.291. The Bertz CT molecular complexity index is 1020. The maximum atomic E-state index is 13.2. The monoisotopic (exact) mass is 357 g/mol. The van der Waals surface area contributed by atoms with Crippen molar-refractivity contribution in [1.29, 1.82) is 0 Å². The summed E-state index contributed by atoms with van der Waals surface area (Å²) in [6, 6.07) is 13.7. The Hall–Kier alpha value is -2.43. The first-order chi connectivity index (χ1) is 11.6. The van der Waals surface area contributed by atoms with Crippen LogP contribution in [0.15, 0.2) is 61.1 Å². The number of benzene rings is 2. The zero-order valence-corrected chi connectivity index (χ0v) is 13.8. The minimum Gasteiger partial charge on any atom is -0.301 e. The highest BCUT2D eigenvalue weighted by Gasteiger charge is 2.16. The molecular formula is C18H10Cl2FN3. The second-order valence-corrected chi connectivity index (χ2v) is 6.05.